The number of anilines is 1. The first-order valence-electron chi connectivity index (χ1n) is 7.13. The summed E-state index contributed by atoms with van der Waals surface area (Å²) >= 11 is 0. The number of aliphatic carboxylic acids is 1. The van der Waals surface area contributed by atoms with Crippen LogP contribution >= 0.6 is 0 Å². The Morgan fingerprint density at radius 2 is 2.19 bits per heavy atom. The first kappa shape index (κ1) is 13.6. The maximum absolute atomic E-state index is 11.0. The lowest BCUT2D eigenvalue weighted by Crippen LogP contribution is -2.32. The second-order valence-electron chi connectivity index (χ2n) is 5.40. The molecule has 21 heavy (non-hydrogen) atoms. The number of benzene rings is 1. The van der Waals surface area contributed by atoms with Gasteiger partial charge >= 0.3 is 5.97 Å². The summed E-state index contributed by atoms with van der Waals surface area (Å²) in [5.41, 5.74) is 5.50. The summed E-state index contributed by atoms with van der Waals surface area (Å²) in [4.78, 5) is 17.7. The second-order valence-corrected chi connectivity index (χ2v) is 5.40. The van der Waals surface area contributed by atoms with Crippen molar-refractivity contribution in [3.8, 4) is 0 Å². The molecule has 0 spiro atoms. The molecule has 0 fully saturated rings. The van der Waals surface area contributed by atoms with Gasteiger partial charge in [0.1, 0.15) is 0 Å². The number of aromatic nitrogens is 1. The highest BCUT2D eigenvalue weighted by molar-refractivity contribution is 5.71. The van der Waals surface area contributed by atoms with Gasteiger partial charge in [-0.3, -0.25) is 9.78 Å². The van der Waals surface area contributed by atoms with Gasteiger partial charge in [-0.2, -0.15) is 0 Å². The predicted octanol–water partition coefficient (Wildman–Crippen LogP) is 2.58. The third kappa shape index (κ3) is 2.75. The first-order valence-corrected chi connectivity index (χ1v) is 7.13. The molecule has 0 radical (unpaired) electrons. The van der Waals surface area contributed by atoms with E-state index in [2.05, 4.69) is 22.0 Å². The van der Waals surface area contributed by atoms with Crippen molar-refractivity contribution in [2.45, 2.75) is 26.3 Å². The van der Waals surface area contributed by atoms with Crippen LogP contribution in [-0.2, 0) is 24.2 Å². The van der Waals surface area contributed by atoms with Crippen molar-refractivity contribution in [2.75, 3.05) is 11.4 Å². The van der Waals surface area contributed by atoms with Crippen LogP contribution in [0.4, 0.5) is 5.69 Å². The molecule has 1 aromatic carbocycles. The van der Waals surface area contributed by atoms with E-state index in [4.69, 9.17) is 5.11 Å². The average Bonchev–Trinajstić information content (AvgIpc) is 2.47. The lowest BCUT2D eigenvalue weighted by Gasteiger charge is -2.32. The van der Waals surface area contributed by atoms with Crippen LogP contribution in [0.15, 0.2) is 36.5 Å². The van der Waals surface area contributed by atoms with Crippen molar-refractivity contribution < 1.29 is 9.90 Å². The van der Waals surface area contributed by atoms with Crippen molar-refractivity contribution in [3.05, 3.63) is 58.9 Å². The van der Waals surface area contributed by atoms with E-state index in [0.29, 0.717) is 0 Å². The van der Waals surface area contributed by atoms with Gasteiger partial charge in [0.25, 0.3) is 0 Å². The molecule has 4 nitrogen and oxygen atoms in total. The van der Waals surface area contributed by atoms with Gasteiger partial charge in [0.2, 0.25) is 0 Å². The molecule has 0 unspecified atom stereocenters. The molecule has 1 aromatic heterocycles. The zero-order valence-electron chi connectivity index (χ0n) is 12.0. The van der Waals surface area contributed by atoms with Crippen molar-refractivity contribution in [2.24, 2.45) is 0 Å². The Kier molecular flexibility index (Phi) is 3.60. The van der Waals surface area contributed by atoms with Crippen molar-refractivity contribution in [1.82, 2.24) is 4.98 Å². The van der Waals surface area contributed by atoms with E-state index in [9.17, 15) is 4.79 Å². The fraction of sp³-hybridized carbons (Fsp3) is 0.294. The van der Waals surface area contributed by atoms with E-state index in [1.807, 2.05) is 25.1 Å². The molecule has 0 saturated heterocycles. The summed E-state index contributed by atoms with van der Waals surface area (Å²) in [6.07, 6.45) is 2.83. The van der Waals surface area contributed by atoms with Crippen LogP contribution in [0.3, 0.4) is 0 Å². The fourth-order valence-electron chi connectivity index (χ4n) is 2.99. The van der Waals surface area contributed by atoms with Gasteiger partial charge < -0.3 is 10.0 Å². The highest BCUT2D eigenvalue weighted by atomic mass is 16.4. The topological polar surface area (TPSA) is 53.4 Å². The Labute approximate surface area is 124 Å². The normalized spacial score (nSPS) is 13.9. The maximum atomic E-state index is 11.0. The molecule has 2 aromatic rings. The number of carboxylic acids is 1. The van der Waals surface area contributed by atoms with Gasteiger partial charge in [-0.15, -0.1) is 0 Å². The fourth-order valence-corrected chi connectivity index (χ4v) is 2.99. The summed E-state index contributed by atoms with van der Waals surface area (Å²) in [5, 5.41) is 9.07. The van der Waals surface area contributed by atoms with Crippen LogP contribution in [0.2, 0.25) is 0 Å². The Balaban J connectivity index is 1.94. The quantitative estimate of drug-likeness (QED) is 0.940. The first-order chi connectivity index (χ1) is 10.1. The Morgan fingerprint density at radius 3 is 2.95 bits per heavy atom. The zero-order chi connectivity index (χ0) is 14.8. The molecule has 2 heterocycles. The van der Waals surface area contributed by atoms with Gasteiger partial charge in [-0.05, 0) is 42.2 Å². The van der Waals surface area contributed by atoms with Gasteiger partial charge in [0, 0.05) is 19.3 Å². The number of aryl methyl sites for hydroxylation is 1. The number of hydrogen-bond acceptors (Lipinski definition) is 3. The molecule has 0 saturated carbocycles. The Hall–Kier alpha value is -2.36. The van der Waals surface area contributed by atoms with E-state index in [0.717, 1.165) is 42.0 Å². The molecular weight excluding hydrogens is 264 g/mol. The van der Waals surface area contributed by atoms with E-state index in [-0.39, 0.29) is 6.42 Å². The van der Waals surface area contributed by atoms with Gasteiger partial charge in [0.15, 0.2) is 0 Å². The lowest BCUT2D eigenvalue weighted by molar-refractivity contribution is -0.136. The summed E-state index contributed by atoms with van der Waals surface area (Å²) in [7, 11) is 0. The maximum Gasteiger partial charge on any atom is 0.307 e. The molecular formula is C17H18N2O2. The zero-order valence-corrected chi connectivity index (χ0v) is 12.0. The van der Waals surface area contributed by atoms with Crippen LogP contribution in [0, 0.1) is 6.92 Å². The molecule has 0 bridgehead atoms. The van der Waals surface area contributed by atoms with E-state index >= 15 is 0 Å². The van der Waals surface area contributed by atoms with Crippen LogP contribution in [0.1, 0.15) is 22.4 Å². The third-order valence-corrected chi connectivity index (χ3v) is 4.03. The average molecular weight is 282 g/mol. The number of carboxylic acid groups (broad SMARTS) is 1. The molecule has 1 N–H and O–H groups in total. The van der Waals surface area contributed by atoms with Crippen LogP contribution in [0.25, 0.3) is 0 Å². The molecule has 0 aliphatic carbocycles. The molecule has 0 amide bonds. The number of rotatable bonds is 3. The van der Waals surface area contributed by atoms with Crippen LogP contribution in [0.5, 0.6) is 0 Å². The van der Waals surface area contributed by atoms with E-state index in [1.54, 1.807) is 6.20 Å². The monoisotopic (exact) mass is 282 g/mol. The Bertz CT molecular complexity index is 682. The number of hydrogen-bond donors (Lipinski definition) is 1. The number of carbonyl (C=O) groups is 1. The predicted molar refractivity (Wildman–Crippen MR) is 81.5 cm³/mol. The van der Waals surface area contributed by atoms with Crippen molar-refractivity contribution in [1.29, 1.82) is 0 Å². The standard InChI is InChI=1S/C17H18N2O2/c1-12-16(6-3-8-18-12)19-9-7-13-4-2-5-14(10-17(20)21)15(13)11-19/h2-6,8H,7,9-11H2,1H3,(H,20,21). The number of nitrogens with zero attached hydrogens (tertiary/aromatic N) is 2. The van der Waals surface area contributed by atoms with Gasteiger partial charge in [0.05, 0.1) is 17.8 Å². The minimum absolute atomic E-state index is 0.0863. The van der Waals surface area contributed by atoms with Crippen molar-refractivity contribution >= 4 is 11.7 Å². The van der Waals surface area contributed by atoms with Gasteiger partial charge in [-0.1, -0.05) is 18.2 Å². The smallest absolute Gasteiger partial charge is 0.307 e. The largest absolute Gasteiger partial charge is 0.481 e. The van der Waals surface area contributed by atoms with Crippen molar-refractivity contribution in [3.63, 3.8) is 0 Å². The third-order valence-electron chi connectivity index (χ3n) is 4.03. The molecule has 3 rings (SSSR count). The molecule has 1 aliphatic heterocycles. The highest BCUT2D eigenvalue weighted by Crippen LogP contribution is 2.28. The Morgan fingerprint density at radius 1 is 1.33 bits per heavy atom. The summed E-state index contributed by atoms with van der Waals surface area (Å²) in [6.45, 7) is 3.70. The summed E-state index contributed by atoms with van der Waals surface area (Å²) < 4.78 is 0. The minimum Gasteiger partial charge on any atom is -0.481 e. The minimum atomic E-state index is -0.780. The van der Waals surface area contributed by atoms with E-state index in [1.165, 1.54) is 5.56 Å². The second kappa shape index (κ2) is 5.56. The summed E-state index contributed by atoms with van der Waals surface area (Å²) in [6, 6.07) is 10.0. The lowest BCUT2D eigenvalue weighted by atomic mass is 9.93. The molecule has 1 aliphatic rings. The molecule has 4 heteroatoms. The van der Waals surface area contributed by atoms with Gasteiger partial charge in [-0.25, -0.2) is 0 Å². The van der Waals surface area contributed by atoms with E-state index < -0.39 is 5.97 Å². The summed E-state index contributed by atoms with van der Waals surface area (Å²) in [5.74, 6) is -0.780. The number of pyridine rings is 1. The molecule has 0 atom stereocenters. The van der Waals surface area contributed by atoms with Crippen LogP contribution in [-0.4, -0.2) is 22.6 Å². The number of fused-ring (bicyclic) bond motifs is 1. The SMILES string of the molecule is Cc1ncccc1N1CCc2cccc(CC(=O)O)c2C1. The van der Waals surface area contributed by atoms with Crippen LogP contribution < -0.4 is 4.90 Å². The highest BCUT2D eigenvalue weighted by Gasteiger charge is 2.21. The molecule has 108 valence electrons.